The highest BCUT2D eigenvalue weighted by atomic mass is 16.5. The van der Waals surface area contributed by atoms with E-state index in [1.54, 1.807) is 25.4 Å². The third-order valence-corrected chi connectivity index (χ3v) is 2.12. The molecule has 0 unspecified atom stereocenters. The van der Waals surface area contributed by atoms with Crippen molar-refractivity contribution in [1.29, 1.82) is 5.26 Å². The summed E-state index contributed by atoms with van der Waals surface area (Å²) in [5, 5.41) is 18.2. The fourth-order valence-corrected chi connectivity index (χ4v) is 1.29. The number of nitrogens with two attached hydrogens (primary N) is 1. The van der Waals surface area contributed by atoms with Crippen molar-refractivity contribution in [2.75, 3.05) is 18.2 Å². The van der Waals surface area contributed by atoms with Crippen molar-refractivity contribution in [1.82, 2.24) is 15.2 Å². The number of H-pyrrole nitrogens is 1. The van der Waals surface area contributed by atoms with Crippen LogP contribution in [0.1, 0.15) is 5.56 Å². The van der Waals surface area contributed by atoms with Gasteiger partial charge in [-0.3, -0.25) is 5.10 Å². The zero-order valence-electron chi connectivity index (χ0n) is 9.06. The van der Waals surface area contributed by atoms with E-state index < -0.39 is 0 Å². The second-order valence-corrected chi connectivity index (χ2v) is 3.18. The second-order valence-electron chi connectivity index (χ2n) is 3.18. The van der Waals surface area contributed by atoms with Crippen molar-refractivity contribution in [2.24, 2.45) is 0 Å². The lowest BCUT2D eigenvalue weighted by Gasteiger charge is -2.04. The Morgan fingerprint density at radius 2 is 2.41 bits per heavy atom. The summed E-state index contributed by atoms with van der Waals surface area (Å²) in [5.41, 5.74) is 5.79. The molecule has 0 saturated heterocycles. The molecule has 0 fully saturated rings. The number of anilines is 3. The van der Waals surface area contributed by atoms with Crippen LogP contribution in [-0.4, -0.2) is 22.3 Å². The number of nitrogens with one attached hydrogen (secondary N) is 2. The summed E-state index contributed by atoms with van der Waals surface area (Å²) in [7, 11) is 1.56. The zero-order chi connectivity index (χ0) is 12.3. The van der Waals surface area contributed by atoms with E-state index in [9.17, 15) is 0 Å². The first kappa shape index (κ1) is 10.8. The van der Waals surface area contributed by atoms with Crippen LogP contribution in [0.2, 0.25) is 0 Å². The molecule has 0 aromatic carbocycles. The Hall–Kier alpha value is -2.75. The monoisotopic (exact) mass is 230 g/mol. The number of methoxy groups -OCH3 is 1. The number of aromatic amines is 1. The number of nitrogen functional groups attached to an aromatic ring is 1. The third kappa shape index (κ3) is 2.10. The highest BCUT2D eigenvalue weighted by molar-refractivity contribution is 5.67. The van der Waals surface area contributed by atoms with Crippen LogP contribution in [0.3, 0.4) is 0 Å². The van der Waals surface area contributed by atoms with E-state index in [0.29, 0.717) is 17.4 Å². The zero-order valence-corrected chi connectivity index (χ0v) is 9.06. The summed E-state index contributed by atoms with van der Waals surface area (Å²) in [4.78, 5) is 4.07. The van der Waals surface area contributed by atoms with Gasteiger partial charge in [-0.25, -0.2) is 4.98 Å². The van der Waals surface area contributed by atoms with Gasteiger partial charge in [-0.15, -0.1) is 0 Å². The van der Waals surface area contributed by atoms with E-state index in [4.69, 9.17) is 15.7 Å². The lowest BCUT2D eigenvalue weighted by atomic mass is 10.3. The SMILES string of the molecule is COc1ccnc(Nc2n[nH]c(N)c2C#N)c1. The molecule has 0 aliphatic rings. The summed E-state index contributed by atoms with van der Waals surface area (Å²) >= 11 is 0. The number of ether oxygens (including phenoxy) is 1. The molecule has 0 aliphatic carbocycles. The van der Waals surface area contributed by atoms with Gasteiger partial charge in [-0.1, -0.05) is 0 Å². The second kappa shape index (κ2) is 4.40. The minimum absolute atomic E-state index is 0.220. The average Bonchev–Trinajstić information content (AvgIpc) is 2.70. The molecule has 2 rings (SSSR count). The van der Waals surface area contributed by atoms with Gasteiger partial charge in [0.15, 0.2) is 5.82 Å². The Bertz CT molecular complexity index is 570. The molecule has 0 amide bonds. The molecule has 0 atom stereocenters. The lowest BCUT2D eigenvalue weighted by Crippen LogP contribution is -1.96. The maximum atomic E-state index is 8.89. The molecule has 2 heterocycles. The summed E-state index contributed by atoms with van der Waals surface area (Å²) in [6.45, 7) is 0. The maximum Gasteiger partial charge on any atom is 0.173 e. The number of pyridine rings is 1. The number of hydrogen-bond acceptors (Lipinski definition) is 6. The van der Waals surface area contributed by atoms with E-state index in [-0.39, 0.29) is 11.4 Å². The van der Waals surface area contributed by atoms with E-state index in [1.165, 1.54) is 0 Å². The molecule has 0 radical (unpaired) electrons. The minimum atomic E-state index is 0.220. The number of aromatic nitrogens is 3. The number of hydrogen-bond donors (Lipinski definition) is 3. The number of nitriles is 1. The Morgan fingerprint density at radius 1 is 1.59 bits per heavy atom. The van der Waals surface area contributed by atoms with Crippen molar-refractivity contribution in [3.8, 4) is 11.8 Å². The van der Waals surface area contributed by atoms with Crippen molar-refractivity contribution in [3.63, 3.8) is 0 Å². The summed E-state index contributed by atoms with van der Waals surface area (Å²) < 4.78 is 5.06. The van der Waals surface area contributed by atoms with E-state index in [2.05, 4.69) is 20.5 Å². The molecule has 17 heavy (non-hydrogen) atoms. The van der Waals surface area contributed by atoms with Gasteiger partial charge in [0.2, 0.25) is 0 Å². The standard InChI is InChI=1S/C10H10N6O/c1-17-6-2-3-13-8(4-6)14-10-7(5-11)9(12)15-16-10/h2-4H,1H3,(H4,12,13,14,15,16). The van der Waals surface area contributed by atoms with Gasteiger partial charge >= 0.3 is 0 Å². The topological polar surface area (TPSA) is 113 Å². The molecular weight excluding hydrogens is 220 g/mol. The average molecular weight is 230 g/mol. The molecular formula is C10H10N6O. The largest absolute Gasteiger partial charge is 0.497 e. The van der Waals surface area contributed by atoms with Gasteiger partial charge in [-0.05, 0) is 6.07 Å². The summed E-state index contributed by atoms with van der Waals surface area (Å²) in [5.74, 6) is 1.74. The molecule has 0 bridgehead atoms. The first-order chi connectivity index (χ1) is 8.24. The smallest absolute Gasteiger partial charge is 0.173 e. The molecule has 86 valence electrons. The maximum absolute atomic E-state index is 8.89. The Labute approximate surface area is 97.2 Å². The first-order valence-electron chi connectivity index (χ1n) is 4.75. The summed E-state index contributed by atoms with van der Waals surface area (Å²) in [6, 6.07) is 5.36. The predicted octanol–water partition coefficient (Wildman–Crippen LogP) is 1.01. The third-order valence-electron chi connectivity index (χ3n) is 2.12. The van der Waals surface area contributed by atoms with Crippen molar-refractivity contribution in [3.05, 3.63) is 23.9 Å². The van der Waals surface area contributed by atoms with Crippen LogP contribution in [0, 0.1) is 11.3 Å². The summed E-state index contributed by atoms with van der Waals surface area (Å²) in [6.07, 6.45) is 1.59. The first-order valence-corrected chi connectivity index (χ1v) is 4.75. The Morgan fingerprint density at radius 3 is 3.12 bits per heavy atom. The van der Waals surface area contributed by atoms with Crippen LogP contribution in [0.15, 0.2) is 18.3 Å². The quantitative estimate of drug-likeness (QED) is 0.725. The normalized spacial score (nSPS) is 9.65. The highest BCUT2D eigenvalue weighted by Gasteiger charge is 2.11. The van der Waals surface area contributed by atoms with Gasteiger partial charge in [0.05, 0.1) is 7.11 Å². The van der Waals surface area contributed by atoms with E-state index in [0.717, 1.165) is 0 Å². The van der Waals surface area contributed by atoms with Gasteiger partial charge in [-0.2, -0.15) is 10.4 Å². The molecule has 2 aromatic heterocycles. The van der Waals surface area contributed by atoms with E-state index >= 15 is 0 Å². The van der Waals surface area contributed by atoms with Crippen LogP contribution < -0.4 is 15.8 Å². The highest BCUT2D eigenvalue weighted by Crippen LogP contribution is 2.22. The van der Waals surface area contributed by atoms with Crippen LogP contribution in [-0.2, 0) is 0 Å². The molecule has 7 heteroatoms. The Balaban J connectivity index is 2.28. The van der Waals surface area contributed by atoms with Gasteiger partial charge in [0, 0.05) is 12.3 Å². The van der Waals surface area contributed by atoms with E-state index in [1.807, 2.05) is 6.07 Å². The van der Waals surface area contributed by atoms with Crippen LogP contribution in [0.25, 0.3) is 0 Å². The molecule has 4 N–H and O–H groups in total. The lowest BCUT2D eigenvalue weighted by molar-refractivity contribution is 0.414. The van der Waals surface area contributed by atoms with Crippen molar-refractivity contribution < 1.29 is 4.74 Å². The van der Waals surface area contributed by atoms with Crippen LogP contribution in [0.4, 0.5) is 17.5 Å². The number of rotatable bonds is 3. The van der Waals surface area contributed by atoms with Crippen LogP contribution in [0.5, 0.6) is 5.75 Å². The fraction of sp³-hybridized carbons (Fsp3) is 0.100. The minimum Gasteiger partial charge on any atom is -0.497 e. The van der Waals surface area contributed by atoms with Gasteiger partial charge in [0.1, 0.15) is 29.0 Å². The van der Waals surface area contributed by atoms with Crippen LogP contribution >= 0.6 is 0 Å². The molecule has 0 saturated carbocycles. The molecule has 7 nitrogen and oxygen atoms in total. The predicted molar refractivity (Wildman–Crippen MR) is 61.8 cm³/mol. The molecule has 0 aliphatic heterocycles. The van der Waals surface area contributed by atoms with Gasteiger partial charge in [0.25, 0.3) is 0 Å². The fourth-order valence-electron chi connectivity index (χ4n) is 1.29. The van der Waals surface area contributed by atoms with Gasteiger partial charge < -0.3 is 15.8 Å². The van der Waals surface area contributed by atoms with Crippen molar-refractivity contribution >= 4 is 17.5 Å². The number of nitrogens with zero attached hydrogens (tertiary/aromatic N) is 3. The molecule has 2 aromatic rings. The molecule has 0 spiro atoms. The Kier molecular flexibility index (Phi) is 2.79. The van der Waals surface area contributed by atoms with Crippen molar-refractivity contribution in [2.45, 2.75) is 0 Å².